The van der Waals surface area contributed by atoms with Gasteiger partial charge < -0.3 is 9.88 Å². The highest BCUT2D eigenvalue weighted by Crippen LogP contribution is 2.13. The van der Waals surface area contributed by atoms with E-state index in [4.69, 9.17) is 0 Å². The maximum atomic E-state index is 4.45. The number of hydrogen-bond donors (Lipinski definition) is 1. The van der Waals surface area contributed by atoms with Gasteiger partial charge in [-0.2, -0.15) is 0 Å². The highest BCUT2D eigenvalue weighted by molar-refractivity contribution is 7.09. The third-order valence-electron chi connectivity index (χ3n) is 2.13. The number of nitrogens with zero attached hydrogens (tertiary/aromatic N) is 3. The number of imidazole rings is 1. The Morgan fingerprint density at radius 1 is 1.50 bits per heavy atom. The average Bonchev–Trinajstić information content (AvgIpc) is 2.77. The first-order valence-electron chi connectivity index (χ1n) is 5.34. The van der Waals surface area contributed by atoms with E-state index in [0.717, 1.165) is 23.2 Å². The summed E-state index contributed by atoms with van der Waals surface area (Å²) in [6.07, 6.45) is 3.78. The molecule has 0 spiro atoms. The summed E-state index contributed by atoms with van der Waals surface area (Å²) in [6, 6.07) is 0.387. The first-order valence-corrected chi connectivity index (χ1v) is 6.22. The van der Waals surface area contributed by atoms with Crippen molar-refractivity contribution in [2.24, 2.45) is 0 Å². The predicted octanol–water partition coefficient (Wildman–Crippen LogP) is 2.52. The van der Waals surface area contributed by atoms with Gasteiger partial charge in [0.15, 0.2) is 0 Å². The Morgan fingerprint density at radius 2 is 2.31 bits per heavy atom. The lowest BCUT2D eigenvalue weighted by atomic mass is 10.4. The molecule has 2 aromatic rings. The summed E-state index contributed by atoms with van der Waals surface area (Å²) in [5, 5.41) is 6.50. The Labute approximate surface area is 99.4 Å². The molecule has 16 heavy (non-hydrogen) atoms. The zero-order chi connectivity index (χ0) is 11.5. The van der Waals surface area contributed by atoms with Gasteiger partial charge in [0, 0.05) is 23.8 Å². The van der Waals surface area contributed by atoms with Gasteiger partial charge >= 0.3 is 0 Å². The van der Waals surface area contributed by atoms with E-state index in [9.17, 15) is 0 Å². The van der Waals surface area contributed by atoms with Crippen molar-refractivity contribution in [3.63, 3.8) is 0 Å². The zero-order valence-electron chi connectivity index (χ0n) is 9.77. The largest absolute Gasteiger partial charge is 0.353 e. The van der Waals surface area contributed by atoms with Gasteiger partial charge in [-0.15, -0.1) is 11.3 Å². The second-order valence-electron chi connectivity index (χ2n) is 4.04. The van der Waals surface area contributed by atoms with E-state index in [2.05, 4.69) is 39.1 Å². The van der Waals surface area contributed by atoms with Gasteiger partial charge in [0.25, 0.3) is 0 Å². The lowest BCUT2D eigenvalue weighted by molar-refractivity contribution is 0.759. The van der Waals surface area contributed by atoms with Gasteiger partial charge in [-0.3, -0.25) is 0 Å². The molecular weight excluding hydrogens is 220 g/mol. The van der Waals surface area contributed by atoms with E-state index < -0.39 is 0 Å². The van der Waals surface area contributed by atoms with Crippen molar-refractivity contribution in [2.45, 2.75) is 33.4 Å². The molecule has 0 aliphatic heterocycles. The van der Waals surface area contributed by atoms with Crippen LogP contribution < -0.4 is 5.32 Å². The minimum Gasteiger partial charge on any atom is -0.353 e. The molecule has 0 saturated carbocycles. The highest BCUT2D eigenvalue weighted by atomic mass is 32.1. The summed E-state index contributed by atoms with van der Waals surface area (Å²) < 4.78 is 2.08. The summed E-state index contributed by atoms with van der Waals surface area (Å²) in [5.74, 6) is 0.903. The second-order valence-corrected chi connectivity index (χ2v) is 5.10. The summed E-state index contributed by atoms with van der Waals surface area (Å²) >= 11 is 1.68. The van der Waals surface area contributed by atoms with Crippen LogP contribution in [0.4, 0.5) is 5.95 Å². The molecule has 0 bridgehead atoms. The maximum absolute atomic E-state index is 4.45. The van der Waals surface area contributed by atoms with Crippen LogP contribution in [0, 0.1) is 6.92 Å². The highest BCUT2D eigenvalue weighted by Gasteiger charge is 2.06. The van der Waals surface area contributed by atoms with Crippen LogP contribution in [0.2, 0.25) is 0 Å². The Morgan fingerprint density at radius 3 is 2.94 bits per heavy atom. The Balaban J connectivity index is 2.12. The number of thiazole rings is 1. The zero-order valence-corrected chi connectivity index (χ0v) is 10.6. The standard InChI is InChI=1S/C11H16N4S/c1-8(2)13-11-12-4-5-15(11)6-10-7-16-9(3)14-10/h4-5,7-8H,6H2,1-3H3,(H,12,13). The molecule has 0 aliphatic rings. The number of aryl methyl sites for hydroxylation is 1. The molecule has 1 N–H and O–H groups in total. The van der Waals surface area contributed by atoms with Crippen molar-refractivity contribution in [2.75, 3.05) is 5.32 Å². The van der Waals surface area contributed by atoms with E-state index in [0.29, 0.717) is 6.04 Å². The first-order chi connectivity index (χ1) is 7.65. The van der Waals surface area contributed by atoms with Gasteiger partial charge in [-0.25, -0.2) is 9.97 Å². The van der Waals surface area contributed by atoms with Gasteiger partial charge in [0.2, 0.25) is 5.95 Å². The fraction of sp³-hybridized carbons (Fsp3) is 0.455. The number of anilines is 1. The van der Waals surface area contributed by atoms with Crippen LogP contribution in [0.15, 0.2) is 17.8 Å². The minimum absolute atomic E-state index is 0.387. The molecular formula is C11H16N4S. The molecule has 2 heterocycles. The lowest BCUT2D eigenvalue weighted by Gasteiger charge is -2.11. The van der Waals surface area contributed by atoms with Crippen molar-refractivity contribution in [1.29, 1.82) is 0 Å². The van der Waals surface area contributed by atoms with Crippen molar-refractivity contribution < 1.29 is 0 Å². The van der Waals surface area contributed by atoms with E-state index in [1.54, 1.807) is 11.3 Å². The molecule has 0 unspecified atom stereocenters. The molecule has 0 radical (unpaired) electrons. The van der Waals surface area contributed by atoms with Crippen molar-refractivity contribution in [3.8, 4) is 0 Å². The van der Waals surface area contributed by atoms with Gasteiger partial charge in [0.1, 0.15) is 0 Å². The summed E-state index contributed by atoms with van der Waals surface area (Å²) in [6.45, 7) is 7.01. The molecule has 0 amide bonds. The van der Waals surface area contributed by atoms with Gasteiger partial charge in [-0.05, 0) is 20.8 Å². The van der Waals surface area contributed by atoms with Crippen molar-refractivity contribution in [1.82, 2.24) is 14.5 Å². The molecule has 4 nitrogen and oxygen atoms in total. The molecule has 0 aliphatic carbocycles. The smallest absolute Gasteiger partial charge is 0.203 e. The molecule has 2 aromatic heterocycles. The van der Waals surface area contributed by atoms with Crippen molar-refractivity contribution >= 4 is 17.3 Å². The molecule has 0 fully saturated rings. The molecule has 2 rings (SSSR count). The Kier molecular flexibility index (Phi) is 3.24. The minimum atomic E-state index is 0.387. The third kappa shape index (κ3) is 2.61. The molecule has 0 atom stereocenters. The van der Waals surface area contributed by atoms with Crippen LogP contribution in [0.1, 0.15) is 24.5 Å². The van der Waals surface area contributed by atoms with E-state index in [1.165, 1.54) is 0 Å². The van der Waals surface area contributed by atoms with Gasteiger partial charge in [0.05, 0.1) is 17.2 Å². The van der Waals surface area contributed by atoms with Crippen molar-refractivity contribution in [3.05, 3.63) is 28.5 Å². The van der Waals surface area contributed by atoms with E-state index in [1.807, 2.05) is 19.3 Å². The number of hydrogen-bond acceptors (Lipinski definition) is 4. The van der Waals surface area contributed by atoms with Crippen LogP contribution in [0.3, 0.4) is 0 Å². The lowest BCUT2D eigenvalue weighted by Crippen LogP contribution is -2.15. The first kappa shape index (κ1) is 11.1. The maximum Gasteiger partial charge on any atom is 0.203 e. The normalized spacial score (nSPS) is 11.0. The number of rotatable bonds is 4. The second kappa shape index (κ2) is 4.65. The topological polar surface area (TPSA) is 42.7 Å². The van der Waals surface area contributed by atoms with Crippen LogP contribution in [0.5, 0.6) is 0 Å². The summed E-state index contributed by atoms with van der Waals surface area (Å²) in [5.41, 5.74) is 1.09. The number of nitrogens with one attached hydrogen (secondary N) is 1. The summed E-state index contributed by atoms with van der Waals surface area (Å²) in [7, 11) is 0. The fourth-order valence-electron chi connectivity index (χ4n) is 1.49. The molecule has 86 valence electrons. The van der Waals surface area contributed by atoms with E-state index >= 15 is 0 Å². The SMILES string of the molecule is Cc1nc(Cn2ccnc2NC(C)C)cs1. The molecule has 0 saturated heterocycles. The molecule has 0 aromatic carbocycles. The predicted molar refractivity (Wildman–Crippen MR) is 66.9 cm³/mol. The van der Waals surface area contributed by atoms with Crippen LogP contribution in [-0.4, -0.2) is 20.6 Å². The van der Waals surface area contributed by atoms with Gasteiger partial charge in [-0.1, -0.05) is 0 Å². The summed E-state index contributed by atoms with van der Waals surface area (Å²) in [4.78, 5) is 8.73. The third-order valence-corrected chi connectivity index (χ3v) is 2.95. The number of aromatic nitrogens is 3. The fourth-order valence-corrected chi connectivity index (χ4v) is 2.09. The van der Waals surface area contributed by atoms with Crippen LogP contribution in [-0.2, 0) is 6.54 Å². The Hall–Kier alpha value is -1.36. The van der Waals surface area contributed by atoms with Crippen LogP contribution in [0.25, 0.3) is 0 Å². The van der Waals surface area contributed by atoms with Crippen LogP contribution >= 0.6 is 11.3 Å². The van der Waals surface area contributed by atoms with E-state index in [-0.39, 0.29) is 0 Å². The molecule has 5 heteroatoms. The quantitative estimate of drug-likeness (QED) is 0.887. The average molecular weight is 236 g/mol. The Bertz CT molecular complexity index is 458. The monoisotopic (exact) mass is 236 g/mol.